The minimum atomic E-state index is -6.00. The summed E-state index contributed by atoms with van der Waals surface area (Å²) in [5, 5.41) is 0.439. The molecule has 0 saturated heterocycles. The summed E-state index contributed by atoms with van der Waals surface area (Å²) in [6.45, 7) is 0. The maximum absolute atomic E-state index is 9.75. The highest BCUT2D eigenvalue weighted by atomic mass is 35.6. The largest absolute Gasteiger partial charge is 0.673 e. The van der Waals surface area contributed by atoms with E-state index in [1.807, 2.05) is 0 Å². The van der Waals surface area contributed by atoms with Crippen LogP contribution in [0.1, 0.15) is 5.69 Å². The topological polar surface area (TPSA) is 14.1 Å². The molecule has 0 bridgehead atoms. The van der Waals surface area contributed by atoms with E-state index in [-0.39, 0.29) is 0 Å². The molecule has 0 amide bonds. The van der Waals surface area contributed by atoms with Gasteiger partial charge in [-0.1, -0.05) is 34.8 Å². The first-order valence-electron chi connectivity index (χ1n) is 3.62. The summed E-state index contributed by atoms with van der Waals surface area (Å²) in [6.07, 6.45) is 0. The number of aromatic nitrogens is 1. The number of pyridine rings is 1. The fourth-order valence-corrected chi connectivity index (χ4v) is 1.11. The van der Waals surface area contributed by atoms with Crippen molar-refractivity contribution >= 4 is 53.7 Å². The average molecular weight is 319 g/mol. The minimum Gasteiger partial charge on any atom is -0.418 e. The number of H-pyrrole nitrogens is 1. The van der Waals surface area contributed by atoms with E-state index in [0.29, 0.717) is 10.8 Å². The van der Waals surface area contributed by atoms with Gasteiger partial charge in [0.05, 0.1) is 0 Å². The van der Waals surface area contributed by atoms with Crippen molar-refractivity contribution in [2.75, 3.05) is 0 Å². The lowest BCUT2D eigenvalue weighted by molar-refractivity contribution is -0.387. The highest BCUT2D eigenvalue weighted by molar-refractivity contribution is 6.66. The molecule has 0 aliphatic rings. The van der Waals surface area contributed by atoms with Crippen molar-refractivity contribution < 1.29 is 22.2 Å². The lowest BCUT2D eigenvalue weighted by atomic mass is 10.3. The predicted molar refractivity (Wildman–Crippen MR) is 57.4 cm³/mol. The summed E-state index contributed by atoms with van der Waals surface area (Å²) in [5.74, 6) is 0. The van der Waals surface area contributed by atoms with Crippen LogP contribution in [-0.2, 0) is 3.79 Å². The van der Waals surface area contributed by atoms with Crippen LogP contribution in [0.4, 0.5) is 17.3 Å². The third-order valence-electron chi connectivity index (χ3n) is 1.06. The van der Waals surface area contributed by atoms with Crippen molar-refractivity contribution in [3.05, 3.63) is 29.0 Å². The van der Waals surface area contributed by atoms with E-state index in [1.54, 1.807) is 18.2 Å². The Morgan fingerprint density at radius 3 is 1.75 bits per heavy atom. The molecule has 0 atom stereocenters. The summed E-state index contributed by atoms with van der Waals surface area (Å²) in [4.78, 5) is 2.72. The van der Waals surface area contributed by atoms with Crippen molar-refractivity contribution in [3.63, 3.8) is 0 Å². The van der Waals surface area contributed by atoms with E-state index in [9.17, 15) is 17.3 Å². The van der Waals surface area contributed by atoms with Gasteiger partial charge in [-0.05, 0) is 17.7 Å². The fourth-order valence-electron chi connectivity index (χ4n) is 0.606. The van der Waals surface area contributed by atoms with Gasteiger partial charge in [0.25, 0.3) is 8.95 Å². The summed E-state index contributed by atoms with van der Waals surface area (Å²) in [6, 6.07) is 5.02. The molecule has 0 aliphatic carbocycles. The molecule has 1 heterocycles. The van der Waals surface area contributed by atoms with E-state index < -0.39 is 11.0 Å². The Kier molecular flexibility index (Phi) is 6.18. The molecule has 1 rings (SSSR count). The smallest absolute Gasteiger partial charge is 0.418 e. The molecule has 10 heteroatoms. The zero-order valence-electron chi connectivity index (χ0n) is 7.33. The normalized spacial score (nSPS) is 11.8. The molecular formula is C6H4BCl4F4N. The van der Waals surface area contributed by atoms with Gasteiger partial charge in [0.15, 0.2) is 0 Å². The van der Waals surface area contributed by atoms with E-state index in [2.05, 4.69) is 4.98 Å². The molecule has 1 aromatic rings. The van der Waals surface area contributed by atoms with Crippen LogP contribution in [0.2, 0.25) is 5.15 Å². The van der Waals surface area contributed by atoms with Gasteiger partial charge in [-0.15, -0.1) is 0 Å². The predicted octanol–water partition coefficient (Wildman–Crippen LogP) is 4.28. The Labute approximate surface area is 109 Å². The minimum absolute atomic E-state index is 0.439. The third-order valence-corrected chi connectivity index (χ3v) is 1.90. The van der Waals surface area contributed by atoms with Gasteiger partial charge in [0.1, 0.15) is 0 Å². The molecular weight excluding hydrogens is 315 g/mol. The number of hydrogen-bond donors (Lipinski definition) is 0. The highest BCUT2D eigenvalue weighted by Crippen LogP contribution is 2.35. The zero-order chi connectivity index (χ0) is 13.0. The third kappa shape index (κ3) is 9.33. The zero-order valence-corrected chi connectivity index (χ0v) is 10.4. The van der Waals surface area contributed by atoms with Gasteiger partial charge in [0.2, 0.25) is 5.69 Å². The van der Waals surface area contributed by atoms with Gasteiger partial charge in [-0.2, -0.15) is 4.98 Å². The van der Waals surface area contributed by atoms with Crippen LogP contribution in [0.15, 0.2) is 18.2 Å². The maximum Gasteiger partial charge on any atom is 0.673 e. The van der Waals surface area contributed by atoms with Gasteiger partial charge < -0.3 is 17.3 Å². The SMILES string of the molecule is Clc1cccc(C(Cl)(Cl)Cl)[nH+]1.F[B-](F)(F)F. The highest BCUT2D eigenvalue weighted by Gasteiger charge is 2.29. The number of nitrogens with one attached hydrogen (secondary N) is 1. The summed E-state index contributed by atoms with van der Waals surface area (Å²) in [5.41, 5.74) is 0.454. The molecule has 1 N–H and O–H groups in total. The summed E-state index contributed by atoms with van der Waals surface area (Å²) in [7, 11) is -6.00. The quantitative estimate of drug-likeness (QED) is 0.293. The number of aromatic amines is 1. The van der Waals surface area contributed by atoms with Crippen molar-refractivity contribution in [1.82, 2.24) is 0 Å². The van der Waals surface area contributed by atoms with E-state index in [4.69, 9.17) is 46.4 Å². The van der Waals surface area contributed by atoms with Gasteiger partial charge in [-0.3, -0.25) is 0 Å². The standard InChI is InChI=1S/C6H3Cl4N.BF4/c7-5-3-1-2-4(11-5)6(8,9)10;2-1(3,4)5/h1-3H;/q;-1/p+1. The second-order valence-electron chi connectivity index (χ2n) is 2.41. The lowest BCUT2D eigenvalue weighted by Gasteiger charge is -2.03. The van der Waals surface area contributed by atoms with Gasteiger partial charge >= 0.3 is 7.25 Å². The summed E-state index contributed by atoms with van der Waals surface area (Å²) >= 11 is 22.3. The maximum atomic E-state index is 9.75. The number of halogens is 8. The van der Waals surface area contributed by atoms with Gasteiger partial charge in [-0.25, -0.2) is 0 Å². The van der Waals surface area contributed by atoms with Crippen molar-refractivity contribution in [2.24, 2.45) is 0 Å². The van der Waals surface area contributed by atoms with Crippen LogP contribution >= 0.6 is 46.4 Å². The molecule has 1 aromatic heterocycles. The first kappa shape index (κ1) is 16.1. The van der Waals surface area contributed by atoms with Crippen molar-refractivity contribution in [2.45, 2.75) is 3.79 Å². The summed E-state index contributed by atoms with van der Waals surface area (Å²) < 4.78 is 37.6. The number of hydrogen-bond acceptors (Lipinski definition) is 0. The Morgan fingerprint density at radius 1 is 1.06 bits per heavy atom. The molecule has 92 valence electrons. The van der Waals surface area contributed by atoms with Gasteiger partial charge in [0, 0.05) is 12.1 Å². The van der Waals surface area contributed by atoms with Crippen molar-refractivity contribution in [1.29, 1.82) is 0 Å². The first-order chi connectivity index (χ1) is 7.00. The Balaban J connectivity index is 0.000000385. The molecule has 0 aromatic carbocycles. The monoisotopic (exact) mass is 317 g/mol. The first-order valence-corrected chi connectivity index (χ1v) is 5.13. The second-order valence-corrected chi connectivity index (χ2v) is 5.09. The molecule has 0 aliphatic heterocycles. The molecule has 16 heavy (non-hydrogen) atoms. The van der Waals surface area contributed by atoms with Crippen LogP contribution in [0.3, 0.4) is 0 Å². The Bertz CT molecular complexity index is 334. The van der Waals surface area contributed by atoms with Crippen LogP contribution in [0.25, 0.3) is 0 Å². The van der Waals surface area contributed by atoms with Crippen LogP contribution in [0, 0.1) is 0 Å². The van der Waals surface area contributed by atoms with Crippen LogP contribution in [0.5, 0.6) is 0 Å². The lowest BCUT2D eigenvalue weighted by Crippen LogP contribution is -2.18. The van der Waals surface area contributed by atoms with E-state index in [0.717, 1.165) is 0 Å². The molecule has 0 saturated carbocycles. The molecule has 0 fully saturated rings. The average Bonchev–Trinajstić information content (AvgIpc) is 1.99. The van der Waals surface area contributed by atoms with Crippen LogP contribution in [-0.4, -0.2) is 7.25 Å². The Morgan fingerprint density at radius 2 is 1.50 bits per heavy atom. The van der Waals surface area contributed by atoms with E-state index in [1.165, 1.54) is 0 Å². The van der Waals surface area contributed by atoms with E-state index >= 15 is 0 Å². The molecule has 0 unspecified atom stereocenters. The van der Waals surface area contributed by atoms with Crippen molar-refractivity contribution in [3.8, 4) is 0 Å². The second kappa shape index (κ2) is 6.14. The number of rotatable bonds is 0. The molecule has 0 radical (unpaired) electrons. The van der Waals surface area contributed by atoms with Crippen LogP contribution < -0.4 is 4.98 Å². The fraction of sp³-hybridized carbons (Fsp3) is 0.167. The number of alkyl halides is 3. The molecule has 0 spiro atoms. The Hall–Kier alpha value is 0.0949. The molecule has 1 nitrogen and oxygen atoms in total.